The molecule has 0 fully saturated rings. The van der Waals surface area contributed by atoms with Crippen LogP contribution in [0.5, 0.6) is 5.75 Å². The molecule has 8 heteroatoms. The number of ether oxygens (including phenoxy) is 1. The highest BCUT2D eigenvalue weighted by Crippen LogP contribution is 2.20. The number of anilines is 1. The van der Waals surface area contributed by atoms with Gasteiger partial charge in [-0.15, -0.1) is 0 Å². The fourth-order valence-electron chi connectivity index (χ4n) is 3.25. The summed E-state index contributed by atoms with van der Waals surface area (Å²) in [6.45, 7) is 6.63. The Bertz CT molecular complexity index is 1080. The third kappa shape index (κ3) is 4.48. The highest BCUT2D eigenvalue weighted by molar-refractivity contribution is 7.98. The molecule has 0 unspecified atom stereocenters. The SMILES string of the molecule is COc1ccc(NC(=O)Cn2c(C)cc3nc(SC)n(CC(C)C)c(=O)c32)cc1. The minimum Gasteiger partial charge on any atom is -0.497 e. The number of carbonyl (C=O) groups is 1. The van der Waals surface area contributed by atoms with E-state index in [0.717, 1.165) is 11.4 Å². The van der Waals surface area contributed by atoms with E-state index >= 15 is 0 Å². The summed E-state index contributed by atoms with van der Waals surface area (Å²) in [4.78, 5) is 30.5. The first kappa shape index (κ1) is 21.0. The molecule has 0 aliphatic carbocycles. The van der Waals surface area contributed by atoms with Gasteiger partial charge in [-0.3, -0.25) is 14.2 Å². The number of benzene rings is 1. The molecule has 29 heavy (non-hydrogen) atoms. The third-order valence-electron chi connectivity index (χ3n) is 4.58. The van der Waals surface area contributed by atoms with Gasteiger partial charge in [0.05, 0.1) is 12.6 Å². The van der Waals surface area contributed by atoms with Crippen molar-refractivity contribution in [2.24, 2.45) is 5.92 Å². The number of thioether (sulfide) groups is 1. The summed E-state index contributed by atoms with van der Waals surface area (Å²) in [6.07, 6.45) is 1.91. The molecule has 0 spiro atoms. The molecule has 3 rings (SSSR count). The molecule has 1 aromatic carbocycles. The van der Waals surface area contributed by atoms with Crippen molar-refractivity contribution >= 4 is 34.4 Å². The van der Waals surface area contributed by atoms with Crippen molar-refractivity contribution in [3.05, 3.63) is 46.4 Å². The van der Waals surface area contributed by atoms with Gasteiger partial charge in [0, 0.05) is 17.9 Å². The normalized spacial score (nSPS) is 11.2. The second-order valence-electron chi connectivity index (χ2n) is 7.29. The molecule has 2 aromatic heterocycles. The van der Waals surface area contributed by atoms with Crippen LogP contribution in [0.1, 0.15) is 19.5 Å². The number of hydrogen-bond acceptors (Lipinski definition) is 5. The molecule has 0 aliphatic heterocycles. The van der Waals surface area contributed by atoms with E-state index in [2.05, 4.69) is 24.1 Å². The molecule has 0 atom stereocenters. The van der Waals surface area contributed by atoms with Gasteiger partial charge in [-0.1, -0.05) is 25.6 Å². The molecule has 7 nitrogen and oxygen atoms in total. The van der Waals surface area contributed by atoms with Crippen LogP contribution in [0.15, 0.2) is 40.3 Å². The predicted octanol–water partition coefficient (Wildman–Crippen LogP) is 3.53. The number of amides is 1. The predicted molar refractivity (Wildman–Crippen MR) is 117 cm³/mol. The quantitative estimate of drug-likeness (QED) is 0.473. The molecule has 0 saturated heterocycles. The van der Waals surface area contributed by atoms with Crippen LogP contribution < -0.4 is 15.6 Å². The van der Waals surface area contributed by atoms with Crippen molar-refractivity contribution in [2.45, 2.75) is 39.0 Å². The Morgan fingerprint density at radius 2 is 1.93 bits per heavy atom. The molecule has 0 bridgehead atoms. The average Bonchev–Trinajstić information content (AvgIpc) is 2.99. The molecule has 2 heterocycles. The van der Waals surface area contributed by atoms with Gasteiger partial charge >= 0.3 is 0 Å². The smallest absolute Gasteiger partial charge is 0.278 e. The first-order chi connectivity index (χ1) is 13.8. The minimum atomic E-state index is -0.209. The van der Waals surface area contributed by atoms with Crippen molar-refractivity contribution in [1.29, 1.82) is 0 Å². The molecule has 0 aliphatic rings. The van der Waals surface area contributed by atoms with Crippen molar-refractivity contribution in [1.82, 2.24) is 14.1 Å². The van der Waals surface area contributed by atoms with Crippen LogP contribution in [-0.2, 0) is 17.9 Å². The zero-order valence-corrected chi connectivity index (χ0v) is 18.2. The monoisotopic (exact) mass is 414 g/mol. The minimum absolute atomic E-state index is 0.0403. The van der Waals surface area contributed by atoms with Gasteiger partial charge in [-0.2, -0.15) is 0 Å². The van der Waals surface area contributed by atoms with Gasteiger partial charge in [0.15, 0.2) is 5.16 Å². The molecular formula is C21H26N4O3S. The summed E-state index contributed by atoms with van der Waals surface area (Å²) >= 11 is 1.45. The van der Waals surface area contributed by atoms with E-state index in [-0.39, 0.29) is 18.0 Å². The van der Waals surface area contributed by atoms with Crippen LogP contribution in [0.3, 0.4) is 0 Å². The topological polar surface area (TPSA) is 78.2 Å². The Hall–Kier alpha value is -2.74. The van der Waals surface area contributed by atoms with Gasteiger partial charge in [0.1, 0.15) is 17.8 Å². The average molecular weight is 415 g/mol. The number of hydrogen-bond donors (Lipinski definition) is 1. The fourth-order valence-corrected chi connectivity index (χ4v) is 3.82. The van der Waals surface area contributed by atoms with E-state index in [1.165, 1.54) is 11.8 Å². The van der Waals surface area contributed by atoms with Crippen LogP contribution in [0.4, 0.5) is 5.69 Å². The van der Waals surface area contributed by atoms with E-state index in [9.17, 15) is 9.59 Å². The summed E-state index contributed by atoms with van der Waals surface area (Å²) in [5.41, 5.74) is 2.46. The summed E-state index contributed by atoms with van der Waals surface area (Å²) in [5, 5.41) is 3.55. The number of nitrogens with zero attached hydrogens (tertiary/aromatic N) is 3. The molecule has 1 N–H and O–H groups in total. The van der Waals surface area contributed by atoms with Gasteiger partial charge in [0.25, 0.3) is 5.56 Å². The van der Waals surface area contributed by atoms with Gasteiger partial charge in [0.2, 0.25) is 5.91 Å². The van der Waals surface area contributed by atoms with Crippen LogP contribution in [0, 0.1) is 12.8 Å². The first-order valence-corrected chi connectivity index (χ1v) is 10.6. The lowest BCUT2D eigenvalue weighted by Gasteiger charge is -2.14. The molecule has 3 aromatic rings. The van der Waals surface area contributed by atoms with Crippen LogP contribution in [-0.4, -0.2) is 33.4 Å². The van der Waals surface area contributed by atoms with Crippen LogP contribution in [0.2, 0.25) is 0 Å². The number of fused-ring (bicyclic) bond motifs is 1. The maximum absolute atomic E-state index is 13.2. The molecule has 154 valence electrons. The zero-order chi connectivity index (χ0) is 21.1. The van der Waals surface area contributed by atoms with Gasteiger partial charge in [-0.25, -0.2) is 4.98 Å². The van der Waals surface area contributed by atoms with Crippen molar-refractivity contribution in [2.75, 3.05) is 18.7 Å². The maximum Gasteiger partial charge on any atom is 0.278 e. The molecule has 0 radical (unpaired) electrons. The first-order valence-electron chi connectivity index (χ1n) is 9.42. The molecule has 0 saturated carbocycles. The number of rotatable bonds is 7. The lowest BCUT2D eigenvalue weighted by molar-refractivity contribution is -0.116. The van der Waals surface area contributed by atoms with Crippen molar-refractivity contribution in [3.63, 3.8) is 0 Å². The van der Waals surface area contributed by atoms with Gasteiger partial charge < -0.3 is 14.6 Å². The van der Waals surface area contributed by atoms with E-state index < -0.39 is 0 Å². The largest absolute Gasteiger partial charge is 0.497 e. The van der Waals surface area contributed by atoms with Gasteiger partial charge in [-0.05, 0) is 49.4 Å². The van der Waals surface area contributed by atoms with E-state index in [4.69, 9.17) is 4.74 Å². The lowest BCUT2D eigenvalue weighted by Crippen LogP contribution is -2.28. The summed E-state index contributed by atoms with van der Waals surface area (Å²) in [6, 6.07) is 8.98. The summed E-state index contributed by atoms with van der Waals surface area (Å²) < 4.78 is 8.58. The van der Waals surface area contributed by atoms with Crippen molar-refractivity contribution in [3.8, 4) is 5.75 Å². The van der Waals surface area contributed by atoms with E-state index in [0.29, 0.717) is 34.3 Å². The highest BCUT2D eigenvalue weighted by Gasteiger charge is 2.18. The number of aromatic nitrogens is 3. The Morgan fingerprint density at radius 1 is 1.24 bits per heavy atom. The second kappa shape index (κ2) is 8.73. The van der Waals surface area contributed by atoms with E-state index in [1.807, 2.05) is 19.2 Å². The number of nitrogens with one attached hydrogen (secondary N) is 1. The molecular weight excluding hydrogens is 388 g/mol. The van der Waals surface area contributed by atoms with Crippen LogP contribution in [0.25, 0.3) is 11.0 Å². The zero-order valence-electron chi connectivity index (χ0n) is 17.4. The Morgan fingerprint density at radius 3 is 2.52 bits per heavy atom. The Balaban J connectivity index is 1.94. The number of carbonyl (C=O) groups excluding carboxylic acids is 1. The van der Waals surface area contributed by atoms with Crippen molar-refractivity contribution < 1.29 is 9.53 Å². The number of aryl methyl sites for hydroxylation is 1. The Labute approximate surface area is 174 Å². The Kier molecular flexibility index (Phi) is 6.32. The fraction of sp³-hybridized carbons (Fsp3) is 0.381. The summed E-state index contributed by atoms with van der Waals surface area (Å²) in [7, 11) is 1.59. The highest BCUT2D eigenvalue weighted by atomic mass is 32.2. The number of methoxy groups -OCH3 is 1. The maximum atomic E-state index is 13.2. The standard InChI is InChI=1S/C21H26N4O3S/c1-13(2)11-25-20(27)19-17(23-21(25)29-5)10-14(3)24(19)12-18(26)22-15-6-8-16(28-4)9-7-15/h6-10,13H,11-12H2,1-5H3,(H,22,26). The summed E-state index contributed by atoms with van der Waals surface area (Å²) in [5.74, 6) is 0.817. The second-order valence-corrected chi connectivity index (χ2v) is 8.06. The van der Waals surface area contributed by atoms with E-state index in [1.54, 1.807) is 40.5 Å². The third-order valence-corrected chi connectivity index (χ3v) is 5.26. The molecule has 1 amide bonds. The van der Waals surface area contributed by atoms with Crippen LogP contribution >= 0.6 is 11.8 Å². The lowest BCUT2D eigenvalue weighted by atomic mass is 10.2.